The topological polar surface area (TPSA) is 66.9 Å². The molecular weight excluding hydrogens is 332 g/mol. The molecule has 1 aliphatic rings. The summed E-state index contributed by atoms with van der Waals surface area (Å²) in [5, 5.41) is 0. The van der Waals surface area contributed by atoms with E-state index in [4.69, 9.17) is 4.74 Å². The first-order valence-electron chi connectivity index (χ1n) is 9.26. The second kappa shape index (κ2) is 8.34. The maximum Gasteiger partial charge on any atom is 0.268 e. The van der Waals surface area contributed by atoms with Crippen molar-refractivity contribution in [1.29, 1.82) is 0 Å². The van der Waals surface area contributed by atoms with Crippen LogP contribution in [-0.4, -0.2) is 48.2 Å². The number of ether oxygens (including phenoxy) is 1. The van der Waals surface area contributed by atoms with Crippen LogP contribution in [0.5, 0.6) is 5.75 Å². The minimum atomic E-state index is -0.639. The average molecular weight is 360 g/mol. The van der Waals surface area contributed by atoms with Crippen molar-refractivity contribution >= 4 is 23.3 Å². The molecule has 142 valence electrons. The number of rotatable bonds is 7. The fraction of sp³-hybridized carbons (Fsp3) is 0.550. The van der Waals surface area contributed by atoms with Gasteiger partial charge in [-0.3, -0.25) is 19.3 Å². The Morgan fingerprint density at radius 3 is 2.38 bits per heavy atom. The highest BCUT2D eigenvalue weighted by atomic mass is 16.5. The Hall–Kier alpha value is -2.37. The van der Waals surface area contributed by atoms with Gasteiger partial charge in [0.25, 0.3) is 5.91 Å². The predicted molar refractivity (Wildman–Crippen MR) is 101 cm³/mol. The Bertz CT molecular complexity index is 695. The van der Waals surface area contributed by atoms with Gasteiger partial charge in [0, 0.05) is 25.1 Å². The molecule has 2 rings (SSSR count). The lowest BCUT2D eigenvalue weighted by Gasteiger charge is -2.36. The fourth-order valence-corrected chi connectivity index (χ4v) is 3.06. The highest BCUT2D eigenvalue weighted by molar-refractivity contribution is 6.05. The second-order valence-electron chi connectivity index (χ2n) is 6.73. The molecule has 0 fully saturated rings. The van der Waals surface area contributed by atoms with E-state index >= 15 is 0 Å². The molecule has 1 atom stereocenters. The van der Waals surface area contributed by atoms with Crippen LogP contribution in [-0.2, 0) is 9.59 Å². The van der Waals surface area contributed by atoms with E-state index in [1.807, 2.05) is 27.7 Å². The summed E-state index contributed by atoms with van der Waals surface area (Å²) in [7, 11) is 0. The number of carbonyl (C=O) groups excluding carboxylic acids is 3. The lowest BCUT2D eigenvalue weighted by molar-refractivity contribution is -0.134. The van der Waals surface area contributed by atoms with Gasteiger partial charge in [0.1, 0.15) is 12.3 Å². The van der Waals surface area contributed by atoms with Crippen molar-refractivity contribution in [3.8, 4) is 5.75 Å². The Kier molecular flexibility index (Phi) is 6.40. The number of hydrogen-bond donors (Lipinski definition) is 0. The van der Waals surface area contributed by atoms with Crippen molar-refractivity contribution in [3.63, 3.8) is 0 Å². The molecule has 0 saturated heterocycles. The Balaban J connectivity index is 2.45. The number of benzene rings is 1. The Labute approximate surface area is 155 Å². The van der Waals surface area contributed by atoms with Crippen molar-refractivity contribution < 1.29 is 19.1 Å². The van der Waals surface area contributed by atoms with Crippen LogP contribution in [0, 0.1) is 5.92 Å². The molecule has 1 aromatic carbocycles. The maximum absolute atomic E-state index is 13.0. The smallest absolute Gasteiger partial charge is 0.268 e. The van der Waals surface area contributed by atoms with E-state index < -0.39 is 6.10 Å². The van der Waals surface area contributed by atoms with Crippen LogP contribution >= 0.6 is 0 Å². The summed E-state index contributed by atoms with van der Waals surface area (Å²) in [4.78, 5) is 40.8. The minimum Gasteiger partial charge on any atom is -0.478 e. The third kappa shape index (κ3) is 3.89. The lowest BCUT2D eigenvalue weighted by Crippen LogP contribution is -2.52. The Morgan fingerprint density at radius 2 is 1.85 bits per heavy atom. The van der Waals surface area contributed by atoms with E-state index in [1.54, 1.807) is 30.0 Å². The summed E-state index contributed by atoms with van der Waals surface area (Å²) < 4.78 is 5.87. The second-order valence-corrected chi connectivity index (χ2v) is 6.73. The highest BCUT2D eigenvalue weighted by Gasteiger charge is 2.38. The van der Waals surface area contributed by atoms with Gasteiger partial charge >= 0.3 is 0 Å². The van der Waals surface area contributed by atoms with E-state index in [2.05, 4.69) is 0 Å². The molecule has 0 saturated carbocycles. The first kappa shape index (κ1) is 19.9. The maximum atomic E-state index is 13.0. The summed E-state index contributed by atoms with van der Waals surface area (Å²) in [5.41, 5.74) is 1.01. The number of amides is 2. The predicted octanol–water partition coefficient (Wildman–Crippen LogP) is 2.90. The van der Waals surface area contributed by atoms with Crippen molar-refractivity contribution in [2.75, 3.05) is 24.5 Å². The molecule has 0 bridgehead atoms. The van der Waals surface area contributed by atoms with Crippen molar-refractivity contribution in [1.82, 2.24) is 4.90 Å². The van der Waals surface area contributed by atoms with Gasteiger partial charge in [-0.05, 0) is 38.0 Å². The van der Waals surface area contributed by atoms with Gasteiger partial charge < -0.3 is 9.64 Å². The molecule has 0 radical (unpaired) electrons. The summed E-state index contributed by atoms with van der Waals surface area (Å²) in [6, 6.07) is 5.09. The molecular formula is C20H28N2O4. The fourth-order valence-electron chi connectivity index (χ4n) is 3.06. The number of hydrogen-bond acceptors (Lipinski definition) is 4. The van der Waals surface area contributed by atoms with Crippen LogP contribution in [0.25, 0.3) is 0 Å². The highest BCUT2D eigenvalue weighted by Crippen LogP contribution is 2.36. The number of ketones is 1. The van der Waals surface area contributed by atoms with Crippen LogP contribution in [0.4, 0.5) is 5.69 Å². The van der Waals surface area contributed by atoms with Gasteiger partial charge in [0.05, 0.1) is 5.69 Å². The third-order valence-corrected chi connectivity index (χ3v) is 4.67. The number of Topliss-reactive ketones (excluding diaryl/α,β-unsaturated/α-hetero) is 1. The van der Waals surface area contributed by atoms with Crippen molar-refractivity contribution in [3.05, 3.63) is 23.8 Å². The molecule has 1 heterocycles. The zero-order chi connectivity index (χ0) is 19.4. The molecule has 0 aliphatic carbocycles. The number of nitrogens with zero attached hydrogens (tertiary/aromatic N) is 2. The molecule has 2 amide bonds. The molecule has 0 spiro atoms. The van der Waals surface area contributed by atoms with E-state index in [9.17, 15) is 14.4 Å². The SMILES string of the molecule is CCC(=O)c1ccc2c(c1)N(CC(=O)N(CC)CC)C(=O)C(C(C)C)O2. The summed E-state index contributed by atoms with van der Waals surface area (Å²) >= 11 is 0. The summed E-state index contributed by atoms with van der Waals surface area (Å²) in [5.74, 6) is 0.128. The number of fused-ring (bicyclic) bond motifs is 1. The van der Waals surface area contributed by atoms with E-state index in [0.717, 1.165) is 0 Å². The van der Waals surface area contributed by atoms with Gasteiger partial charge in [0.15, 0.2) is 11.9 Å². The monoisotopic (exact) mass is 360 g/mol. The van der Waals surface area contributed by atoms with E-state index in [1.165, 1.54) is 4.90 Å². The van der Waals surface area contributed by atoms with Gasteiger partial charge in [-0.2, -0.15) is 0 Å². The van der Waals surface area contributed by atoms with Gasteiger partial charge in [-0.15, -0.1) is 0 Å². The van der Waals surface area contributed by atoms with Crippen LogP contribution in [0.15, 0.2) is 18.2 Å². The van der Waals surface area contributed by atoms with Crippen LogP contribution < -0.4 is 9.64 Å². The van der Waals surface area contributed by atoms with Crippen LogP contribution in [0.1, 0.15) is 51.4 Å². The first-order valence-corrected chi connectivity index (χ1v) is 9.26. The minimum absolute atomic E-state index is 0.0127. The molecule has 1 aromatic rings. The number of anilines is 1. The molecule has 6 heteroatoms. The van der Waals surface area contributed by atoms with E-state index in [-0.39, 0.29) is 30.1 Å². The van der Waals surface area contributed by atoms with Crippen molar-refractivity contribution in [2.45, 2.75) is 47.1 Å². The summed E-state index contributed by atoms with van der Waals surface area (Å²) in [6.07, 6.45) is -0.264. The quantitative estimate of drug-likeness (QED) is 0.701. The largest absolute Gasteiger partial charge is 0.478 e. The average Bonchev–Trinajstić information content (AvgIpc) is 2.63. The van der Waals surface area contributed by atoms with Crippen molar-refractivity contribution in [2.24, 2.45) is 5.92 Å². The van der Waals surface area contributed by atoms with Gasteiger partial charge in [-0.1, -0.05) is 20.8 Å². The third-order valence-electron chi connectivity index (χ3n) is 4.67. The molecule has 0 aromatic heterocycles. The normalized spacial score (nSPS) is 16.3. The molecule has 1 aliphatic heterocycles. The molecule has 1 unspecified atom stereocenters. The Morgan fingerprint density at radius 1 is 1.19 bits per heavy atom. The van der Waals surface area contributed by atoms with Crippen LogP contribution in [0.3, 0.4) is 0 Å². The molecule has 6 nitrogen and oxygen atoms in total. The number of carbonyl (C=O) groups is 3. The first-order chi connectivity index (χ1) is 12.3. The lowest BCUT2D eigenvalue weighted by atomic mass is 10.0. The molecule has 26 heavy (non-hydrogen) atoms. The zero-order valence-electron chi connectivity index (χ0n) is 16.2. The summed E-state index contributed by atoms with van der Waals surface area (Å²) in [6.45, 7) is 10.5. The van der Waals surface area contributed by atoms with Gasteiger partial charge in [0.2, 0.25) is 5.91 Å². The van der Waals surface area contributed by atoms with Gasteiger partial charge in [-0.25, -0.2) is 0 Å². The van der Waals surface area contributed by atoms with Crippen LogP contribution in [0.2, 0.25) is 0 Å². The number of likely N-dealkylation sites (N-methyl/N-ethyl adjacent to an activating group) is 1. The molecule has 0 N–H and O–H groups in total. The van der Waals surface area contributed by atoms with E-state index in [0.29, 0.717) is 36.5 Å². The zero-order valence-corrected chi connectivity index (χ0v) is 16.2. The standard InChI is InChI=1S/C20H28N2O4/c1-6-16(23)14-9-10-17-15(11-14)22(12-18(24)21(7-2)8-3)20(25)19(26-17)13(4)5/h9-11,13,19H,6-8,12H2,1-5H3.